The predicted molar refractivity (Wildman–Crippen MR) is 96.2 cm³/mol. The van der Waals surface area contributed by atoms with Crippen molar-refractivity contribution in [2.75, 3.05) is 0 Å². The van der Waals surface area contributed by atoms with Crippen LogP contribution in [0.2, 0.25) is 0 Å². The van der Waals surface area contributed by atoms with Crippen molar-refractivity contribution in [2.45, 2.75) is 97.0 Å². The monoisotopic (exact) mass is 316 g/mol. The number of aliphatic hydroxyl groups excluding tert-OH is 1. The van der Waals surface area contributed by atoms with Gasteiger partial charge in [0.15, 0.2) is 0 Å². The molecule has 0 heterocycles. The third-order valence-electron chi connectivity index (χ3n) is 8.45. The van der Waals surface area contributed by atoms with Crippen LogP contribution in [0, 0.1) is 29.1 Å². The van der Waals surface area contributed by atoms with Gasteiger partial charge >= 0.3 is 0 Å². The van der Waals surface area contributed by atoms with Gasteiger partial charge in [0, 0.05) is 0 Å². The van der Waals surface area contributed by atoms with E-state index in [0.29, 0.717) is 5.41 Å². The van der Waals surface area contributed by atoms with Crippen molar-refractivity contribution in [3.05, 3.63) is 11.1 Å². The molecule has 4 aliphatic rings. The van der Waals surface area contributed by atoms with Crippen LogP contribution in [0.15, 0.2) is 11.1 Å². The van der Waals surface area contributed by atoms with Crippen LogP contribution in [0.5, 0.6) is 0 Å². The lowest BCUT2D eigenvalue weighted by atomic mass is 9.53. The molecule has 0 spiro atoms. The Labute approximate surface area is 142 Å². The van der Waals surface area contributed by atoms with E-state index in [0.717, 1.165) is 36.5 Å². The SMILES string of the molecule is CCCC[C@H]1CC[C@H]2[C@@H]3CCC4=C(CC[C@H](O)C4)[C@H]3CC[C@]12C. The van der Waals surface area contributed by atoms with Gasteiger partial charge in [-0.1, -0.05) is 37.8 Å². The Kier molecular flexibility index (Phi) is 4.37. The average Bonchev–Trinajstić information content (AvgIpc) is 2.89. The maximum absolute atomic E-state index is 10.0. The van der Waals surface area contributed by atoms with E-state index in [1.807, 2.05) is 5.57 Å². The highest BCUT2D eigenvalue weighted by molar-refractivity contribution is 5.27. The molecule has 0 unspecified atom stereocenters. The summed E-state index contributed by atoms with van der Waals surface area (Å²) in [5.74, 6) is 3.89. The van der Waals surface area contributed by atoms with Crippen molar-refractivity contribution in [2.24, 2.45) is 29.1 Å². The van der Waals surface area contributed by atoms with Crippen LogP contribution >= 0.6 is 0 Å². The summed E-state index contributed by atoms with van der Waals surface area (Å²) in [7, 11) is 0. The first kappa shape index (κ1) is 16.2. The molecule has 6 atom stereocenters. The highest BCUT2D eigenvalue weighted by Crippen LogP contribution is 2.63. The molecule has 2 saturated carbocycles. The minimum atomic E-state index is -0.0379. The molecule has 0 aromatic carbocycles. The van der Waals surface area contributed by atoms with Crippen LogP contribution in [-0.2, 0) is 0 Å². The second-order valence-corrected chi connectivity index (χ2v) is 9.40. The van der Waals surface area contributed by atoms with Gasteiger partial charge in [-0.25, -0.2) is 0 Å². The largest absolute Gasteiger partial charge is 0.393 e. The molecule has 4 aliphatic carbocycles. The van der Waals surface area contributed by atoms with Crippen LogP contribution in [0.1, 0.15) is 90.9 Å². The molecule has 0 amide bonds. The van der Waals surface area contributed by atoms with Gasteiger partial charge in [0.05, 0.1) is 6.10 Å². The molecular weight excluding hydrogens is 280 g/mol. The zero-order valence-electron chi connectivity index (χ0n) is 15.3. The van der Waals surface area contributed by atoms with Crippen LogP contribution < -0.4 is 0 Å². The minimum absolute atomic E-state index is 0.0379. The quantitative estimate of drug-likeness (QED) is 0.645. The molecule has 1 N–H and O–H groups in total. The Morgan fingerprint density at radius 1 is 1.09 bits per heavy atom. The van der Waals surface area contributed by atoms with E-state index in [-0.39, 0.29) is 6.10 Å². The summed E-state index contributed by atoms with van der Waals surface area (Å²) in [4.78, 5) is 0. The molecule has 130 valence electrons. The number of allylic oxidation sites excluding steroid dienone is 1. The third-order valence-corrected chi connectivity index (χ3v) is 8.45. The molecule has 0 bridgehead atoms. The predicted octanol–water partition coefficient (Wildman–Crippen LogP) is 5.87. The van der Waals surface area contributed by atoms with Crippen molar-refractivity contribution in [1.82, 2.24) is 0 Å². The lowest BCUT2D eigenvalue weighted by Crippen LogP contribution is -2.44. The lowest BCUT2D eigenvalue weighted by molar-refractivity contribution is 0.00804. The number of fused-ring (bicyclic) bond motifs is 4. The highest BCUT2D eigenvalue weighted by Gasteiger charge is 2.54. The standard InChI is InChI=1S/C22H36O/c1-3-4-5-16-7-11-21-20-9-6-15-14-17(23)8-10-18(15)19(20)12-13-22(16,21)2/h16-17,19-21,23H,3-14H2,1-2H3/t16-,17-,19+,20+,21-,22+/m0/s1. The fourth-order valence-electron chi connectivity index (χ4n) is 7.22. The molecule has 0 aromatic rings. The van der Waals surface area contributed by atoms with Gasteiger partial charge in [0.2, 0.25) is 0 Å². The molecular formula is C22H36O. The van der Waals surface area contributed by atoms with Gasteiger partial charge in [0.1, 0.15) is 0 Å². The molecule has 4 rings (SSSR count). The van der Waals surface area contributed by atoms with E-state index in [9.17, 15) is 5.11 Å². The van der Waals surface area contributed by atoms with Crippen LogP contribution in [0.3, 0.4) is 0 Å². The molecule has 1 nitrogen and oxygen atoms in total. The minimum Gasteiger partial charge on any atom is -0.393 e. The first-order valence-corrected chi connectivity index (χ1v) is 10.5. The summed E-state index contributed by atoms with van der Waals surface area (Å²) in [6.07, 6.45) is 16.2. The fraction of sp³-hybridized carbons (Fsp3) is 0.909. The Bertz CT molecular complexity index is 478. The van der Waals surface area contributed by atoms with E-state index in [1.54, 1.807) is 5.57 Å². The molecule has 0 radical (unpaired) electrons. The Morgan fingerprint density at radius 3 is 2.78 bits per heavy atom. The first-order valence-electron chi connectivity index (χ1n) is 10.5. The molecule has 1 heteroatoms. The summed E-state index contributed by atoms with van der Waals surface area (Å²) < 4.78 is 0. The first-order chi connectivity index (χ1) is 11.1. The summed E-state index contributed by atoms with van der Waals surface area (Å²) in [5, 5.41) is 10.0. The third kappa shape index (κ3) is 2.62. The maximum atomic E-state index is 10.0. The second kappa shape index (κ2) is 6.21. The Hall–Kier alpha value is -0.300. The number of rotatable bonds is 3. The van der Waals surface area contributed by atoms with Gasteiger partial charge < -0.3 is 5.11 Å². The van der Waals surface area contributed by atoms with E-state index in [4.69, 9.17) is 0 Å². The van der Waals surface area contributed by atoms with E-state index < -0.39 is 0 Å². The van der Waals surface area contributed by atoms with Gasteiger partial charge in [-0.05, 0) is 93.3 Å². The molecule has 0 saturated heterocycles. The highest BCUT2D eigenvalue weighted by atomic mass is 16.3. The van der Waals surface area contributed by atoms with Crippen molar-refractivity contribution < 1.29 is 5.11 Å². The van der Waals surface area contributed by atoms with Gasteiger partial charge in [-0.2, -0.15) is 0 Å². The second-order valence-electron chi connectivity index (χ2n) is 9.40. The summed E-state index contributed by atoms with van der Waals surface area (Å²) in [6, 6.07) is 0. The average molecular weight is 317 g/mol. The molecule has 23 heavy (non-hydrogen) atoms. The zero-order chi connectivity index (χ0) is 16.0. The molecule has 2 fully saturated rings. The summed E-state index contributed by atoms with van der Waals surface area (Å²) in [6.45, 7) is 5.01. The fourth-order valence-corrected chi connectivity index (χ4v) is 7.22. The lowest BCUT2D eigenvalue weighted by Gasteiger charge is -2.52. The normalized spacial score (nSPS) is 46.3. The molecule has 0 aliphatic heterocycles. The zero-order valence-corrected chi connectivity index (χ0v) is 15.3. The van der Waals surface area contributed by atoms with Crippen LogP contribution in [0.25, 0.3) is 0 Å². The van der Waals surface area contributed by atoms with Crippen LogP contribution in [-0.4, -0.2) is 11.2 Å². The van der Waals surface area contributed by atoms with Crippen LogP contribution in [0.4, 0.5) is 0 Å². The van der Waals surface area contributed by atoms with Crippen molar-refractivity contribution in [1.29, 1.82) is 0 Å². The van der Waals surface area contributed by atoms with Crippen molar-refractivity contribution in [3.63, 3.8) is 0 Å². The number of hydrogen-bond donors (Lipinski definition) is 1. The Balaban J connectivity index is 1.54. The number of aliphatic hydroxyl groups is 1. The maximum Gasteiger partial charge on any atom is 0.0580 e. The van der Waals surface area contributed by atoms with E-state index in [2.05, 4.69) is 13.8 Å². The van der Waals surface area contributed by atoms with Gasteiger partial charge in [0.25, 0.3) is 0 Å². The molecule has 0 aromatic heterocycles. The number of unbranched alkanes of at least 4 members (excludes halogenated alkanes) is 1. The van der Waals surface area contributed by atoms with E-state index >= 15 is 0 Å². The summed E-state index contributed by atoms with van der Waals surface area (Å²) in [5.41, 5.74) is 4.16. The Morgan fingerprint density at radius 2 is 1.96 bits per heavy atom. The smallest absolute Gasteiger partial charge is 0.0580 e. The summed E-state index contributed by atoms with van der Waals surface area (Å²) >= 11 is 0. The van der Waals surface area contributed by atoms with E-state index in [1.165, 1.54) is 64.2 Å². The topological polar surface area (TPSA) is 20.2 Å². The van der Waals surface area contributed by atoms with Gasteiger partial charge in [-0.15, -0.1) is 0 Å². The number of hydrogen-bond acceptors (Lipinski definition) is 1. The van der Waals surface area contributed by atoms with Gasteiger partial charge in [-0.3, -0.25) is 0 Å². The van der Waals surface area contributed by atoms with Crippen molar-refractivity contribution >= 4 is 0 Å². The van der Waals surface area contributed by atoms with Crippen molar-refractivity contribution in [3.8, 4) is 0 Å².